The second-order valence-corrected chi connectivity index (χ2v) is 6.55. The van der Waals surface area contributed by atoms with Gasteiger partial charge in [0.2, 0.25) is 0 Å². The number of hydrogen-bond donors (Lipinski definition) is 2. The number of nitrogens with one attached hydrogen (secondary N) is 1. The van der Waals surface area contributed by atoms with Crippen molar-refractivity contribution in [3.8, 4) is 0 Å². The Morgan fingerprint density at radius 3 is 3.04 bits per heavy atom. The Morgan fingerprint density at radius 1 is 1.41 bits per heavy atom. The van der Waals surface area contributed by atoms with Crippen molar-refractivity contribution in [2.75, 3.05) is 37.0 Å². The van der Waals surface area contributed by atoms with Crippen molar-refractivity contribution < 1.29 is 19.0 Å². The van der Waals surface area contributed by atoms with Crippen molar-refractivity contribution in [1.82, 2.24) is 9.97 Å². The Bertz CT molecular complexity index is 802. The number of nitrogens with zero attached hydrogens (tertiary/aromatic N) is 3. The summed E-state index contributed by atoms with van der Waals surface area (Å²) in [5.41, 5.74) is 0.638. The summed E-state index contributed by atoms with van der Waals surface area (Å²) in [6.07, 6.45) is 3.48. The van der Waals surface area contributed by atoms with E-state index >= 15 is 0 Å². The quantitative estimate of drug-likeness (QED) is 0.750. The summed E-state index contributed by atoms with van der Waals surface area (Å²) in [6.45, 7) is 1.97. The lowest BCUT2D eigenvalue weighted by Crippen LogP contribution is -2.37. The molecule has 0 amide bonds. The lowest BCUT2D eigenvalue weighted by atomic mass is 9.99. The molecule has 3 rings (SSSR count). The third kappa shape index (κ3) is 4.71. The van der Waals surface area contributed by atoms with Gasteiger partial charge in [-0.05, 0) is 37.0 Å². The van der Waals surface area contributed by atoms with Gasteiger partial charge < -0.3 is 20.1 Å². The second kappa shape index (κ2) is 8.77. The molecule has 0 spiro atoms. The van der Waals surface area contributed by atoms with Gasteiger partial charge in [-0.2, -0.15) is 0 Å². The van der Waals surface area contributed by atoms with Crippen molar-refractivity contribution in [2.24, 2.45) is 5.92 Å². The van der Waals surface area contributed by atoms with E-state index in [1.807, 2.05) is 6.07 Å². The molecule has 1 aliphatic rings. The van der Waals surface area contributed by atoms with Crippen LogP contribution in [-0.2, 0) is 11.3 Å². The summed E-state index contributed by atoms with van der Waals surface area (Å²) in [4.78, 5) is 22.2. The number of aliphatic hydroxyl groups excluding tert-OH is 1. The zero-order chi connectivity index (χ0) is 19.2. The van der Waals surface area contributed by atoms with E-state index in [9.17, 15) is 14.3 Å². The number of halogens is 1. The van der Waals surface area contributed by atoms with Gasteiger partial charge in [0.1, 0.15) is 23.8 Å². The van der Waals surface area contributed by atoms with Gasteiger partial charge in [0.25, 0.3) is 0 Å². The second-order valence-electron chi connectivity index (χ2n) is 6.55. The topological polar surface area (TPSA) is 87.6 Å². The average Bonchev–Trinajstić information content (AvgIpc) is 2.72. The van der Waals surface area contributed by atoms with E-state index in [0.29, 0.717) is 16.9 Å². The maximum absolute atomic E-state index is 14.0. The fraction of sp³-hybridized carbons (Fsp3) is 0.421. The van der Waals surface area contributed by atoms with Gasteiger partial charge in [-0.25, -0.2) is 19.2 Å². The number of rotatable bonds is 6. The molecular weight excluding hydrogens is 351 g/mol. The summed E-state index contributed by atoms with van der Waals surface area (Å²) < 4.78 is 18.7. The monoisotopic (exact) mass is 374 g/mol. The van der Waals surface area contributed by atoms with Crippen LogP contribution in [0.5, 0.6) is 0 Å². The van der Waals surface area contributed by atoms with Crippen LogP contribution in [0.3, 0.4) is 0 Å². The number of aromatic nitrogens is 2. The Kier molecular flexibility index (Phi) is 6.18. The van der Waals surface area contributed by atoms with E-state index in [-0.39, 0.29) is 19.1 Å². The first-order chi connectivity index (χ1) is 13.1. The normalized spacial score (nSPS) is 16.9. The molecule has 144 valence electrons. The number of aliphatic hydroxyl groups is 1. The molecule has 0 aliphatic carbocycles. The zero-order valence-corrected chi connectivity index (χ0v) is 15.2. The Labute approximate surface area is 157 Å². The van der Waals surface area contributed by atoms with E-state index in [0.717, 1.165) is 31.7 Å². The first-order valence-electron chi connectivity index (χ1n) is 8.89. The molecule has 1 aromatic carbocycles. The largest absolute Gasteiger partial charge is 0.465 e. The smallest absolute Gasteiger partial charge is 0.337 e. The highest BCUT2D eigenvalue weighted by atomic mass is 19.1. The van der Waals surface area contributed by atoms with Gasteiger partial charge in [0.15, 0.2) is 0 Å². The lowest BCUT2D eigenvalue weighted by molar-refractivity contribution is 0.0600. The summed E-state index contributed by atoms with van der Waals surface area (Å²) in [5, 5.41) is 12.5. The number of carbonyl (C=O) groups excluding carboxylic acids is 1. The zero-order valence-electron chi connectivity index (χ0n) is 15.2. The summed E-state index contributed by atoms with van der Waals surface area (Å²) in [5.74, 6) is 0.666. The number of methoxy groups -OCH3 is 1. The van der Waals surface area contributed by atoms with E-state index in [1.54, 1.807) is 0 Å². The molecule has 7 nitrogen and oxygen atoms in total. The SMILES string of the molecule is COC(=O)c1ccc(F)c(CNc2cc(N3CCCC(CO)C3)ncn2)c1. The van der Waals surface area contributed by atoms with Gasteiger partial charge >= 0.3 is 5.97 Å². The van der Waals surface area contributed by atoms with Gasteiger partial charge in [-0.15, -0.1) is 0 Å². The first kappa shape index (κ1) is 19.0. The van der Waals surface area contributed by atoms with Crippen LogP contribution in [0, 0.1) is 11.7 Å². The number of piperidine rings is 1. The molecule has 1 aliphatic heterocycles. The Balaban J connectivity index is 1.69. The van der Waals surface area contributed by atoms with Gasteiger partial charge in [-0.1, -0.05) is 0 Å². The van der Waals surface area contributed by atoms with Crippen LogP contribution < -0.4 is 10.2 Å². The minimum atomic E-state index is -0.510. The van der Waals surface area contributed by atoms with Crippen LogP contribution in [0.25, 0.3) is 0 Å². The van der Waals surface area contributed by atoms with Crippen molar-refractivity contribution in [1.29, 1.82) is 0 Å². The summed E-state index contributed by atoms with van der Waals surface area (Å²) in [6, 6.07) is 5.91. The van der Waals surface area contributed by atoms with Gasteiger partial charge in [0.05, 0.1) is 12.7 Å². The molecular formula is C19H23FN4O3. The molecule has 2 aromatic rings. The van der Waals surface area contributed by atoms with E-state index < -0.39 is 11.8 Å². The molecule has 2 heterocycles. The fourth-order valence-electron chi connectivity index (χ4n) is 3.18. The Morgan fingerprint density at radius 2 is 2.26 bits per heavy atom. The van der Waals surface area contributed by atoms with Crippen LogP contribution in [0.15, 0.2) is 30.6 Å². The molecule has 0 saturated carbocycles. The minimum Gasteiger partial charge on any atom is -0.465 e. The van der Waals surface area contributed by atoms with Crippen LogP contribution in [-0.4, -0.2) is 47.8 Å². The van der Waals surface area contributed by atoms with Crippen molar-refractivity contribution >= 4 is 17.6 Å². The molecule has 1 atom stereocenters. The standard InChI is InChI=1S/C19H23FN4O3/c1-27-19(26)14-4-5-16(20)15(7-14)9-21-17-8-18(23-12-22-17)24-6-2-3-13(10-24)11-25/h4-5,7-8,12-13,25H,2-3,6,9-11H2,1H3,(H,21,22,23). The van der Waals surface area contributed by atoms with E-state index in [2.05, 4.69) is 24.9 Å². The number of anilines is 2. The molecule has 1 fully saturated rings. The number of ether oxygens (including phenoxy) is 1. The van der Waals surface area contributed by atoms with Crippen molar-refractivity contribution in [2.45, 2.75) is 19.4 Å². The van der Waals surface area contributed by atoms with Crippen molar-refractivity contribution in [3.63, 3.8) is 0 Å². The number of hydrogen-bond acceptors (Lipinski definition) is 7. The van der Waals surface area contributed by atoms with Gasteiger partial charge in [0, 0.05) is 37.9 Å². The number of carbonyl (C=O) groups is 1. The van der Waals surface area contributed by atoms with E-state index in [4.69, 9.17) is 0 Å². The predicted octanol–water partition coefficient (Wildman–Crippen LogP) is 2.22. The van der Waals surface area contributed by atoms with Crippen molar-refractivity contribution in [3.05, 3.63) is 47.5 Å². The van der Waals surface area contributed by atoms with Crippen LogP contribution >= 0.6 is 0 Å². The average molecular weight is 374 g/mol. The van der Waals surface area contributed by atoms with Gasteiger partial charge in [-0.3, -0.25) is 0 Å². The molecule has 2 N–H and O–H groups in total. The lowest BCUT2D eigenvalue weighted by Gasteiger charge is -2.32. The molecule has 8 heteroatoms. The molecule has 27 heavy (non-hydrogen) atoms. The fourth-order valence-corrected chi connectivity index (χ4v) is 3.18. The predicted molar refractivity (Wildman–Crippen MR) is 99.1 cm³/mol. The molecule has 0 radical (unpaired) electrons. The van der Waals surface area contributed by atoms with Crippen LogP contribution in [0.1, 0.15) is 28.8 Å². The summed E-state index contributed by atoms with van der Waals surface area (Å²) in [7, 11) is 1.29. The molecule has 0 bridgehead atoms. The maximum atomic E-state index is 14.0. The maximum Gasteiger partial charge on any atom is 0.337 e. The minimum absolute atomic E-state index is 0.169. The third-order valence-corrected chi connectivity index (χ3v) is 4.68. The number of esters is 1. The highest BCUT2D eigenvalue weighted by molar-refractivity contribution is 5.89. The summed E-state index contributed by atoms with van der Waals surface area (Å²) >= 11 is 0. The van der Waals surface area contributed by atoms with E-state index in [1.165, 1.54) is 31.6 Å². The highest BCUT2D eigenvalue weighted by Gasteiger charge is 2.20. The Hall–Kier alpha value is -2.74. The molecule has 1 unspecified atom stereocenters. The number of benzene rings is 1. The van der Waals surface area contributed by atoms with Crippen LogP contribution in [0.4, 0.5) is 16.0 Å². The highest BCUT2D eigenvalue weighted by Crippen LogP contribution is 2.23. The molecule has 1 aromatic heterocycles. The van der Waals surface area contributed by atoms with Crippen LogP contribution in [0.2, 0.25) is 0 Å². The molecule has 1 saturated heterocycles. The first-order valence-corrected chi connectivity index (χ1v) is 8.89. The third-order valence-electron chi connectivity index (χ3n) is 4.68.